The fourth-order valence-electron chi connectivity index (χ4n) is 4.99. The Bertz CT molecular complexity index is 1790. The van der Waals surface area contributed by atoms with Crippen LogP contribution in [0.15, 0.2) is 108 Å². The van der Waals surface area contributed by atoms with Gasteiger partial charge in [0.05, 0.1) is 11.2 Å². The number of para-hydroxylation sites is 1. The van der Waals surface area contributed by atoms with Crippen LogP contribution in [-0.4, -0.2) is 34.7 Å². The predicted molar refractivity (Wildman–Crippen MR) is 177 cm³/mol. The molecule has 7 nitrogen and oxygen atoms in total. The molecule has 0 fully saturated rings. The van der Waals surface area contributed by atoms with E-state index >= 15 is 0 Å². The lowest BCUT2D eigenvalue weighted by atomic mass is 10.1. The summed E-state index contributed by atoms with van der Waals surface area (Å²) >= 11 is 12.2. The highest BCUT2D eigenvalue weighted by Crippen LogP contribution is 2.28. The monoisotopic (exact) mass is 626 g/mol. The maximum Gasteiger partial charge on any atom is 0.262 e. The summed E-state index contributed by atoms with van der Waals surface area (Å²) in [7, 11) is 0. The van der Waals surface area contributed by atoms with E-state index in [-0.39, 0.29) is 11.4 Å². The van der Waals surface area contributed by atoms with Crippen molar-refractivity contribution in [3.05, 3.63) is 136 Å². The first-order chi connectivity index (χ1) is 21.3. The van der Waals surface area contributed by atoms with Crippen LogP contribution < -0.4 is 15.5 Å². The van der Waals surface area contributed by atoms with Crippen molar-refractivity contribution in [1.29, 1.82) is 0 Å². The van der Waals surface area contributed by atoms with Crippen molar-refractivity contribution in [3.8, 4) is 5.75 Å². The third-order valence-electron chi connectivity index (χ3n) is 7.31. The van der Waals surface area contributed by atoms with E-state index in [0.29, 0.717) is 17.3 Å². The van der Waals surface area contributed by atoms with Crippen LogP contribution in [0.3, 0.4) is 0 Å². The van der Waals surface area contributed by atoms with E-state index in [1.165, 1.54) is 11.6 Å². The Hall–Kier alpha value is -4.59. The van der Waals surface area contributed by atoms with Crippen molar-refractivity contribution >= 4 is 52.1 Å². The van der Waals surface area contributed by atoms with Gasteiger partial charge >= 0.3 is 0 Å². The summed E-state index contributed by atoms with van der Waals surface area (Å²) in [5.41, 5.74) is 7.71. The number of ether oxygens (including phenoxy) is 1. The minimum Gasteiger partial charge on any atom is -0.479 e. The van der Waals surface area contributed by atoms with Crippen LogP contribution in [0, 0.1) is 6.92 Å². The van der Waals surface area contributed by atoms with E-state index in [2.05, 4.69) is 38.6 Å². The van der Waals surface area contributed by atoms with E-state index in [0.717, 1.165) is 27.7 Å². The fraction of sp³-hybridized carbons (Fsp3) is 0.171. The van der Waals surface area contributed by atoms with Crippen LogP contribution >= 0.6 is 23.2 Å². The van der Waals surface area contributed by atoms with Gasteiger partial charge in [0.15, 0.2) is 6.10 Å². The number of benzene rings is 4. The number of hydrogen-bond acceptors (Lipinski definition) is 4. The molecule has 9 heteroatoms. The zero-order valence-electron chi connectivity index (χ0n) is 24.3. The second-order valence-electron chi connectivity index (χ2n) is 10.4. The number of hydrazone groups is 1. The Morgan fingerprint density at radius 3 is 2.25 bits per heavy atom. The first-order valence-electron chi connectivity index (χ1n) is 14.2. The van der Waals surface area contributed by atoms with Crippen molar-refractivity contribution in [1.82, 2.24) is 15.3 Å². The van der Waals surface area contributed by atoms with Gasteiger partial charge in [-0.3, -0.25) is 9.59 Å². The minimum atomic E-state index is -0.929. The van der Waals surface area contributed by atoms with Crippen LogP contribution in [0.25, 0.3) is 10.9 Å². The second-order valence-corrected chi connectivity index (χ2v) is 11.3. The Morgan fingerprint density at radius 2 is 1.55 bits per heavy atom. The van der Waals surface area contributed by atoms with Gasteiger partial charge in [0.25, 0.3) is 11.8 Å². The van der Waals surface area contributed by atoms with Crippen LogP contribution in [0.2, 0.25) is 10.0 Å². The lowest BCUT2D eigenvalue weighted by Crippen LogP contribution is -2.50. The number of aromatic nitrogens is 1. The van der Waals surface area contributed by atoms with Crippen molar-refractivity contribution in [2.24, 2.45) is 5.10 Å². The molecule has 2 N–H and O–H groups in total. The number of amides is 2. The Labute approximate surface area is 266 Å². The highest BCUT2D eigenvalue weighted by atomic mass is 35.5. The summed E-state index contributed by atoms with van der Waals surface area (Å²) in [6, 6.07) is 31.6. The number of fused-ring (bicyclic) bond motifs is 1. The highest BCUT2D eigenvalue weighted by molar-refractivity contribution is 6.35. The van der Waals surface area contributed by atoms with Crippen LogP contribution in [0.4, 0.5) is 0 Å². The molecule has 0 aliphatic heterocycles. The van der Waals surface area contributed by atoms with Crippen LogP contribution in [0.5, 0.6) is 5.75 Å². The lowest BCUT2D eigenvalue weighted by Gasteiger charge is -2.21. The molecular weight excluding hydrogens is 595 g/mol. The maximum atomic E-state index is 13.4. The zero-order valence-corrected chi connectivity index (χ0v) is 25.8. The average Bonchev–Trinajstić information content (AvgIpc) is 3.29. The van der Waals surface area contributed by atoms with Gasteiger partial charge in [0.2, 0.25) is 0 Å². The van der Waals surface area contributed by atoms with Crippen LogP contribution in [0.1, 0.15) is 29.3 Å². The van der Waals surface area contributed by atoms with E-state index in [4.69, 9.17) is 27.9 Å². The van der Waals surface area contributed by atoms with Crippen molar-refractivity contribution in [2.45, 2.75) is 39.0 Å². The van der Waals surface area contributed by atoms with E-state index in [9.17, 15) is 9.59 Å². The minimum absolute atomic E-state index is 0.262. The largest absolute Gasteiger partial charge is 0.479 e. The van der Waals surface area contributed by atoms with Crippen molar-refractivity contribution in [2.75, 3.05) is 0 Å². The Morgan fingerprint density at radius 1 is 0.886 bits per heavy atom. The summed E-state index contributed by atoms with van der Waals surface area (Å²) in [5.74, 6) is -0.620. The standard InChI is InChI=1S/C35H32Cl2N4O3/c1-23-29(28-15-9-10-16-32(28)41(23)22-26-13-7-4-8-14-26)21-38-40-35(43)31(19-25-11-5-3-6-12-25)39-34(42)24(2)44-33-18-17-27(36)20-30(33)37/h3-18,20-21,24,31H,19,22H2,1-2H3,(H,39,42)(H,40,43)/b38-21-/t24-,31+/m0/s1. The van der Waals surface area contributed by atoms with Gasteiger partial charge in [-0.1, -0.05) is 102 Å². The molecule has 2 atom stereocenters. The summed E-state index contributed by atoms with van der Waals surface area (Å²) in [6.45, 7) is 4.34. The van der Waals surface area contributed by atoms with Crippen molar-refractivity contribution in [3.63, 3.8) is 0 Å². The molecule has 5 rings (SSSR count). The molecule has 0 bridgehead atoms. The third-order valence-corrected chi connectivity index (χ3v) is 7.84. The summed E-state index contributed by atoms with van der Waals surface area (Å²) in [5, 5.41) is 8.90. The quantitative estimate of drug-likeness (QED) is 0.123. The molecular formula is C35H32Cl2N4O3. The molecule has 0 radical (unpaired) electrons. The number of carbonyl (C=O) groups is 2. The number of halogens is 2. The SMILES string of the molecule is Cc1c(/C=N\NC(=O)[C@@H](Cc2ccccc2)NC(=O)[C@H](C)Oc2ccc(Cl)cc2Cl)c2ccccc2n1Cc1ccccc1. The van der Waals surface area contributed by atoms with Gasteiger partial charge in [-0.15, -0.1) is 0 Å². The van der Waals surface area contributed by atoms with Gasteiger partial charge in [0.1, 0.15) is 11.8 Å². The topological polar surface area (TPSA) is 84.7 Å². The molecule has 1 heterocycles. The molecule has 224 valence electrons. The predicted octanol–water partition coefficient (Wildman–Crippen LogP) is 6.95. The number of hydrogen-bond donors (Lipinski definition) is 2. The molecule has 4 aromatic carbocycles. The van der Waals surface area contributed by atoms with Gasteiger partial charge in [-0.2, -0.15) is 5.10 Å². The molecule has 0 spiro atoms. The van der Waals surface area contributed by atoms with Gasteiger partial charge in [-0.25, -0.2) is 5.43 Å². The number of nitrogens with one attached hydrogen (secondary N) is 2. The molecule has 5 aromatic rings. The second kappa shape index (κ2) is 14.3. The molecule has 2 amide bonds. The Kier molecular flexibility index (Phi) is 10.00. The molecule has 0 unspecified atom stereocenters. The first-order valence-corrected chi connectivity index (χ1v) is 15.0. The fourth-order valence-corrected chi connectivity index (χ4v) is 5.44. The Balaban J connectivity index is 1.33. The number of carbonyl (C=O) groups excluding carboxylic acids is 2. The first kappa shape index (κ1) is 30.9. The van der Waals surface area contributed by atoms with E-state index < -0.39 is 24.0 Å². The molecule has 0 saturated carbocycles. The van der Waals surface area contributed by atoms with Crippen molar-refractivity contribution < 1.29 is 14.3 Å². The highest BCUT2D eigenvalue weighted by Gasteiger charge is 2.25. The lowest BCUT2D eigenvalue weighted by molar-refractivity contribution is -0.132. The zero-order chi connectivity index (χ0) is 31.1. The van der Waals surface area contributed by atoms with E-state index in [1.807, 2.05) is 73.7 Å². The number of nitrogens with zero attached hydrogens (tertiary/aromatic N) is 2. The smallest absolute Gasteiger partial charge is 0.262 e. The summed E-state index contributed by atoms with van der Waals surface area (Å²) < 4.78 is 8.00. The van der Waals surface area contributed by atoms with E-state index in [1.54, 1.807) is 25.3 Å². The average molecular weight is 628 g/mol. The molecule has 0 saturated heterocycles. The van der Waals surface area contributed by atoms with Crippen LogP contribution in [-0.2, 0) is 22.6 Å². The number of rotatable bonds is 11. The van der Waals surface area contributed by atoms with Gasteiger partial charge in [0, 0.05) is 40.1 Å². The molecule has 1 aromatic heterocycles. The normalized spacial score (nSPS) is 12.6. The van der Waals surface area contributed by atoms with Gasteiger partial charge in [-0.05, 0) is 49.2 Å². The summed E-state index contributed by atoms with van der Waals surface area (Å²) in [6.07, 6.45) is 0.992. The molecule has 0 aliphatic carbocycles. The molecule has 44 heavy (non-hydrogen) atoms. The third kappa shape index (κ3) is 7.48. The maximum absolute atomic E-state index is 13.4. The van der Waals surface area contributed by atoms with Gasteiger partial charge < -0.3 is 14.6 Å². The summed E-state index contributed by atoms with van der Waals surface area (Å²) in [4.78, 5) is 26.6. The molecule has 0 aliphatic rings.